The van der Waals surface area contributed by atoms with Crippen LogP contribution in [-0.4, -0.2) is 56.2 Å². The molecule has 0 aliphatic heterocycles. The maximum atomic E-state index is 13.4. The first-order chi connectivity index (χ1) is 15.2. The first-order valence-corrected chi connectivity index (χ1v) is 13.7. The first kappa shape index (κ1) is 29.8. The molecule has 0 unspecified atom stereocenters. The van der Waals surface area contributed by atoms with E-state index in [1.165, 1.54) is 0 Å². The molecule has 10 nitrogen and oxygen atoms in total. The molecule has 0 saturated carbocycles. The molecular weight excluding hydrogens is 452 g/mol. The zero-order valence-corrected chi connectivity index (χ0v) is 20.2. The third kappa shape index (κ3) is 9.94. The number of rotatable bonds is 18. The van der Waals surface area contributed by atoms with E-state index in [0.717, 1.165) is 27.9 Å². The van der Waals surface area contributed by atoms with Crippen LogP contribution in [0.2, 0.25) is 0 Å². The fraction of sp³-hybridized carbons (Fsp3) is 0.800. The lowest BCUT2D eigenvalue weighted by atomic mass is 10.1. The predicted octanol–water partition coefficient (Wildman–Crippen LogP) is 2.59. The van der Waals surface area contributed by atoms with E-state index >= 15 is 0 Å². The van der Waals surface area contributed by atoms with E-state index in [1.807, 2.05) is 31.2 Å². The zero-order chi connectivity index (χ0) is 24.5. The van der Waals surface area contributed by atoms with Crippen LogP contribution < -0.4 is 0 Å². The molecule has 178 valence electrons. The van der Waals surface area contributed by atoms with Gasteiger partial charge in [-0.25, -0.2) is 16.8 Å². The van der Waals surface area contributed by atoms with E-state index in [-0.39, 0.29) is 58.3 Å². The van der Waals surface area contributed by atoms with Crippen LogP contribution in [0.1, 0.15) is 71.1 Å². The molecule has 0 aliphatic rings. The minimum Gasteiger partial charge on any atom is -0.211 e. The fourth-order valence-electron chi connectivity index (χ4n) is 3.13. The summed E-state index contributed by atoms with van der Waals surface area (Å²) in [4.78, 5) is 0. The van der Waals surface area contributed by atoms with Crippen molar-refractivity contribution in [3.63, 3.8) is 0 Å². The van der Waals surface area contributed by atoms with Crippen LogP contribution in [0.3, 0.4) is 0 Å². The molecule has 32 heavy (non-hydrogen) atoms. The lowest BCUT2D eigenvalue weighted by Gasteiger charge is -2.30. The molecule has 0 aromatic rings. The van der Waals surface area contributed by atoms with Crippen LogP contribution in [0.5, 0.6) is 0 Å². The molecule has 0 aliphatic carbocycles. The van der Waals surface area contributed by atoms with Crippen molar-refractivity contribution in [2.24, 2.45) is 0 Å². The molecule has 0 amide bonds. The highest BCUT2D eigenvalue weighted by atomic mass is 32.3. The molecule has 0 aromatic carbocycles. The summed E-state index contributed by atoms with van der Waals surface area (Å²) in [7, 11) is -8.84. The largest absolute Gasteiger partial charge is 0.232 e. The van der Waals surface area contributed by atoms with Crippen LogP contribution in [0.25, 0.3) is 0 Å². The Morgan fingerprint density at radius 2 is 0.969 bits per heavy atom. The van der Waals surface area contributed by atoms with Gasteiger partial charge in [0.25, 0.3) is 0 Å². The second-order valence-corrected chi connectivity index (χ2v) is 11.7. The Kier molecular flexibility index (Phi) is 15.3. The quantitative estimate of drug-likeness (QED) is 0.267. The minimum atomic E-state index is -4.42. The van der Waals surface area contributed by atoms with Crippen molar-refractivity contribution >= 4 is 20.0 Å². The molecule has 0 spiro atoms. The van der Waals surface area contributed by atoms with Crippen LogP contribution in [0.4, 0.5) is 0 Å². The summed E-state index contributed by atoms with van der Waals surface area (Å²) in [5, 5.41) is 35.5. The highest BCUT2D eigenvalue weighted by molar-refractivity contribution is 8.07. The summed E-state index contributed by atoms with van der Waals surface area (Å²) < 4.78 is 53.7. The van der Waals surface area contributed by atoms with Crippen molar-refractivity contribution in [1.29, 1.82) is 21.0 Å². The Morgan fingerprint density at radius 1 is 0.625 bits per heavy atom. The summed E-state index contributed by atoms with van der Waals surface area (Å²) in [6, 6.07) is 7.39. The zero-order valence-electron chi connectivity index (χ0n) is 18.6. The summed E-state index contributed by atoms with van der Waals surface area (Å²) in [6.45, 7) is 1.19. The predicted molar refractivity (Wildman–Crippen MR) is 119 cm³/mol. The smallest absolute Gasteiger partial charge is 0.211 e. The lowest BCUT2D eigenvalue weighted by molar-refractivity contribution is 0.402. The number of sulfonamides is 2. The van der Waals surface area contributed by atoms with E-state index in [4.69, 9.17) is 21.0 Å². The van der Waals surface area contributed by atoms with Gasteiger partial charge in [-0.15, -0.1) is 0 Å². The van der Waals surface area contributed by atoms with Crippen LogP contribution in [0.15, 0.2) is 0 Å². The molecule has 0 heterocycles. The SMILES string of the molecule is CCCCCCCC(S(=O)(=O)N(CCC#N)CCC#N)S(=O)(=O)N(CCC#N)CCC#N. The second-order valence-electron chi connectivity index (χ2n) is 7.15. The number of nitrogens with zero attached hydrogens (tertiary/aromatic N) is 6. The Bertz CT molecular complexity index is 817. The molecule has 0 N–H and O–H groups in total. The summed E-state index contributed by atoms with van der Waals surface area (Å²) in [5.41, 5.74) is 0. The van der Waals surface area contributed by atoms with Gasteiger partial charge in [0, 0.05) is 51.9 Å². The number of unbranched alkanes of at least 4 members (excludes halogenated alkanes) is 4. The molecule has 0 aromatic heterocycles. The fourth-order valence-corrected chi connectivity index (χ4v) is 8.07. The standard InChI is InChI=1S/C20H32N6O4S2/c1-2-3-4-5-6-11-20(31(27,28)25(16-7-12-21)17-8-13-22)32(29,30)26(18-9-14-23)19-10-15-24/h20H,2-11,16-19H2,1H3. The van der Waals surface area contributed by atoms with Gasteiger partial charge in [-0.05, 0) is 6.42 Å². The normalized spacial score (nSPS) is 11.8. The molecule has 0 rings (SSSR count). The maximum absolute atomic E-state index is 13.4. The average Bonchev–Trinajstić information content (AvgIpc) is 2.75. The lowest BCUT2D eigenvalue weighted by Crippen LogP contribution is -2.49. The summed E-state index contributed by atoms with van der Waals surface area (Å²) in [5.74, 6) is 0. The van der Waals surface area contributed by atoms with Gasteiger partial charge in [0.15, 0.2) is 4.58 Å². The maximum Gasteiger partial charge on any atom is 0.232 e. The van der Waals surface area contributed by atoms with Crippen LogP contribution in [-0.2, 0) is 20.0 Å². The van der Waals surface area contributed by atoms with Gasteiger partial charge < -0.3 is 0 Å². The Labute approximate surface area is 192 Å². The average molecular weight is 485 g/mol. The summed E-state index contributed by atoms with van der Waals surface area (Å²) in [6.07, 6.45) is 3.13. The topological polar surface area (TPSA) is 170 Å². The summed E-state index contributed by atoms with van der Waals surface area (Å²) >= 11 is 0. The van der Waals surface area contributed by atoms with Gasteiger partial charge in [-0.2, -0.15) is 29.7 Å². The van der Waals surface area contributed by atoms with E-state index in [1.54, 1.807) is 0 Å². The molecule has 0 fully saturated rings. The van der Waals surface area contributed by atoms with Crippen molar-refractivity contribution in [2.75, 3.05) is 26.2 Å². The molecule has 12 heteroatoms. The van der Waals surface area contributed by atoms with Crippen molar-refractivity contribution < 1.29 is 16.8 Å². The highest BCUT2D eigenvalue weighted by Crippen LogP contribution is 2.25. The Hall–Kier alpha value is -2.22. The third-order valence-corrected chi connectivity index (χ3v) is 10.2. The van der Waals surface area contributed by atoms with Gasteiger partial charge in [0.2, 0.25) is 20.0 Å². The van der Waals surface area contributed by atoms with Crippen LogP contribution >= 0.6 is 0 Å². The number of hydrogen-bond donors (Lipinski definition) is 0. The van der Waals surface area contributed by atoms with Gasteiger partial charge in [0.05, 0.1) is 24.3 Å². The van der Waals surface area contributed by atoms with E-state index in [0.29, 0.717) is 12.8 Å². The van der Waals surface area contributed by atoms with Gasteiger partial charge >= 0.3 is 0 Å². The minimum absolute atomic E-state index is 0.138. The van der Waals surface area contributed by atoms with Crippen molar-refractivity contribution in [3.05, 3.63) is 0 Å². The van der Waals surface area contributed by atoms with Gasteiger partial charge in [-0.1, -0.05) is 39.0 Å². The number of nitriles is 4. The van der Waals surface area contributed by atoms with E-state index in [9.17, 15) is 16.8 Å². The Morgan fingerprint density at radius 3 is 1.28 bits per heavy atom. The molecular formula is C20H32N6O4S2. The third-order valence-electron chi connectivity index (χ3n) is 4.82. The number of hydrogen-bond acceptors (Lipinski definition) is 8. The Balaban J connectivity index is 6.12. The van der Waals surface area contributed by atoms with Gasteiger partial charge in [0.1, 0.15) is 0 Å². The monoisotopic (exact) mass is 484 g/mol. The van der Waals surface area contributed by atoms with E-state index < -0.39 is 24.6 Å². The highest BCUT2D eigenvalue weighted by Gasteiger charge is 2.43. The van der Waals surface area contributed by atoms with Crippen LogP contribution in [0, 0.1) is 45.3 Å². The first-order valence-electron chi connectivity index (χ1n) is 10.7. The van der Waals surface area contributed by atoms with Crippen molar-refractivity contribution in [1.82, 2.24) is 8.61 Å². The molecule has 0 bridgehead atoms. The van der Waals surface area contributed by atoms with Crippen molar-refractivity contribution in [2.45, 2.75) is 75.7 Å². The molecule has 0 radical (unpaired) electrons. The second kappa shape index (κ2) is 16.4. The molecule has 0 saturated heterocycles. The van der Waals surface area contributed by atoms with Gasteiger partial charge in [-0.3, -0.25) is 0 Å². The van der Waals surface area contributed by atoms with E-state index in [2.05, 4.69) is 0 Å². The molecule has 0 atom stereocenters. The van der Waals surface area contributed by atoms with Crippen molar-refractivity contribution in [3.8, 4) is 24.3 Å².